The van der Waals surface area contributed by atoms with Crippen molar-refractivity contribution < 1.29 is 9.47 Å². The van der Waals surface area contributed by atoms with Crippen molar-refractivity contribution in [2.24, 2.45) is 5.92 Å². The normalized spacial score (nSPS) is 18.2. The molecule has 1 fully saturated rings. The van der Waals surface area contributed by atoms with Crippen LogP contribution in [0.5, 0.6) is 0 Å². The number of nitrogen functional groups attached to an aromatic ring is 1. The first-order valence-corrected chi connectivity index (χ1v) is 6.65. The number of methoxy groups -OCH3 is 1. The summed E-state index contributed by atoms with van der Waals surface area (Å²) >= 11 is 0. The van der Waals surface area contributed by atoms with E-state index in [0.29, 0.717) is 30.2 Å². The van der Waals surface area contributed by atoms with E-state index < -0.39 is 0 Å². The van der Waals surface area contributed by atoms with Crippen molar-refractivity contribution in [1.82, 2.24) is 9.97 Å². The minimum absolute atomic E-state index is 0.341. The second-order valence-electron chi connectivity index (χ2n) is 4.91. The van der Waals surface area contributed by atoms with E-state index in [-0.39, 0.29) is 0 Å². The number of hydrogen-bond donors (Lipinski definition) is 2. The molecule has 0 spiro atoms. The van der Waals surface area contributed by atoms with Crippen LogP contribution < -0.4 is 11.1 Å². The molecule has 0 radical (unpaired) electrons. The Morgan fingerprint density at radius 1 is 1.47 bits per heavy atom. The Labute approximate surface area is 113 Å². The predicted octanol–water partition coefficient (Wildman–Crippen LogP) is 1.43. The largest absolute Gasteiger partial charge is 0.384 e. The van der Waals surface area contributed by atoms with E-state index in [2.05, 4.69) is 22.2 Å². The highest BCUT2D eigenvalue weighted by Crippen LogP contribution is 2.21. The van der Waals surface area contributed by atoms with Crippen LogP contribution in [-0.4, -0.2) is 36.3 Å². The van der Waals surface area contributed by atoms with Gasteiger partial charge >= 0.3 is 0 Å². The number of nitrogens with zero attached hydrogens (tertiary/aromatic N) is 2. The summed E-state index contributed by atoms with van der Waals surface area (Å²) in [6.07, 6.45) is 2.17. The van der Waals surface area contributed by atoms with Crippen LogP contribution >= 0.6 is 0 Å². The van der Waals surface area contributed by atoms with Crippen molar-refractivity contribution in [3.05, 3.63) is 11.9 Å². The van der Waals surface area contributed by atoms with Crippen LogP contribution in [0.25, 0.3) is 0 Å². The lowest BCUT2D eigenvalue weighted by atomic mass is 9.93. The van der Waals surface area contributed by atoms with E-state index >= 15 is 0 Å². The lowest BCUT2D eigenvalue weighted by Gasteiger charge is -2.28. The summed E-state index contributed by atoms with van der Waals surface area (Å²) in [5, 5.41) is 3.41. The van der Waals surface area contributed by atoms with Crippen LogP contribution in [0.1, 0.15) is 25.6 Å². The van der Waals surface area contributed by atoms with Gasteiger partial charge in [-0.1, -0.05) is 0 Å². The molecule has 1 unspecified atom stereocenters. The fraction of sp³-hybridized carbons (Fsp3) is 0.692. The van der Waals surface area contributed by atoms with E-state index in [0.717, 1.165) is 31.9 Å². The number of rotatable bonds is 5. The number of aromatic nitrogens is 2. The molecular formula is C13H22N4O2. The molecule has 6 heteroatoms. The summed E-state index contributed by atoms with van der Waals surface area (Å²) in [6, 6.07) is 2.10. The monoisotopic (exact) mass is 266 g/mol. The smallest absolute Gasteiger partial charge is 0.158 e. The molecule has 1 aliphatic heterocycles. The molecule has 1 saturated heterocycles. The summed E-state index contributed by atoms with van der Waals surface area (Å²) in [5.74, 6) is 2.43. The molecule has 0 aliphatic carbocycles. The summed E-state index contributed by atoms with van der Waals surface area (Å²) < 4.78 is 10.4. The van der Waals surface area contributed by atoms with Crippen molar-refractivity contribution in [1.29, 1.82) is 0 Å². The second kappa shape index (κ2) is 6.68. The van der Waals surface area contributed by atoms with Crippen LogP contribution in [0, 0.1) is 5.92 Å². The lowest BCUT2D eigenvalue weighted by molar-refractivity contribution is 0.0622. The van der Waals surface area contributed by atoms with Gasteiger partial charge in [0, 0.05) is 32.4 Å². The zero-order valence-corrected chi connectivity index (χ0v) is 11.6. The maximum Gasteiger partial charge on any atom is 0.158 e. The number of nitrogens with two attached hydrogens (primary N) is 1. The van der Waals surface area contributed by atoms with Gasteiger partial charge in [-0.3, -0.25) is 0 Å². The van der Waals surface area contributed by atoms with Gasteiger partial charge in [0.1, 0.15) is 18.2 Å². The van der Waals surface area contributed by atoms with Crippen molar-refractivity contribution in [2.75, 3.05) is 31.4 Å². The highest BCUT2D eigenvalue weighted by atomic mass is 16.5. The molecule has 106 valence electrons. The van der Waals surface area contributed by atoms with Gasteiger partial charge in [-0.25, -0.2) is 9.97 Å². The van der Waals surface area contributed by atoms with E-state index in [1.54, 1.807) is 13.2 Å². The van der Waals surface area contributed by atoms with E-state index in [4.69, 9.17) is 15.2 Å². The predicted molar refractivity (Wildman–Crippen MR) is 73.8 cm³/mol. The molecule has 6 nitrogen and oxygen atoms in total. The standard InChI is InChI=1S/C13H22N4O2/c1-9(10-3-5-19-6-4-10)15-12-7-11(14)16-13(17-12)8-18-2/h7,9-10H,3-6,8H2,1-2H3,(H3,14,15,16,17). The number of hydrogen-bond acceptors (Lipinski definition) is 6. The van der Waals surface area contributed by atoms with E-state index in [1.165, 1.54) is 0 Å². The minimum atomic E-state index is 0.341. The number of nitrogens with one attached hydrogen (secondary N) is 1. The first-order chi connectivity index (χ1) is 9.19. The Balaban J connectivity index is 2.00. The van der Waals surface area contributed by atoms with Crippen molar-refractivity contribution in [3.63, 3.8) is 0 Å². The van der Waals surface area contributed by atoms with Crippen LogP contribution in [-0.2, 0) is 16.1 Å². The molecule has 3 N–H and O–H groups in total. The van der Waals surface area contributed by atoms with Gasteiger partial charge in [0.05, 0.1) is 0 Å². The van der Waals surface area contributed by atoms with E-state index in [9.17, 15) is 0 Å². The maximum absolute atomic E-state index is 5.78. The first-order valence-electron chi connectivity index (χ1n) is 6.65. The zero-order valence-electron chi connectivity index (χ0n) is 11.6. The van der Waals surface area contributed by atoms with Crippen LogP contribution in [0.4, 0.5) is 11.6 Å². The summed E-state index contributed by atoms with van der Waals surface area (Å²) in [4.78, 5) is 8.52. The molecule has 2 heterocycles. The average Bonchev–Trinajstić information content (AvgIpc) is 2.39. The van der Waals surface area contributed by atoms with Crippen molar-refractivity contribution in [3.8, 4) is 0 Å². The molecule has 0 aromatic carbocycles. The van der Waals surface area contributed by atoms with Gasteiger partial charge in [0.15, 0.2) is 5.82 Å². The molecule has 1 aromatic rings. The number of ether oxygens (including phenoxy) is 2. The van der Waals surface area contributed by atoms with E-state index in [1.807, 2.05) is 0 Å². The van der Waals surface area contributed by atoms with Crippen LogP contribution in [0.15, 0.2) is 6.07 Å². The summed E-state index contributed by atoms with van der Waals surface area (Å²) in [7, 11) is 1.62. The van der Waals surface area contributed by atoms with Crippen LogP contribution in [0.3, 0.4) is 0 Å². The molecule has 1 aromatic heterocycles. The minimum Gasteiger partial charge on any atom is -0.384 e. The molecule has 19 heavy (non-hydrogen) atoms. The quantitative estimate of drug-likeness (QED) is 0.839. The van der Waals surface area contributed by atoms with Crippen molar-refractivity contribution in [2.45, 2.75) is 32.4 Å². The maximum atomic E-state index is 5.78. The third-order valence-corrected chi connectivity index (χ3v) is 3.41. The molecule has 1 atom stereocenters. The van der Waals surface area contributed by atoms with Crippen molar-refractivity contribution >= 4 is 11.6 Å². The fourth-order valence-electron chi connectivity index (χ4n) is 2.35. The first kappa shape index (κ1) is 14.0. The summed E-state index contributed by atoms with van der Waals surface area (Å²) in [6.45, 7) is 4.23. The average molecular weight is 266 g/mol. The molecule has 0 amide bonds. The summed E-state index contributed by atoms with van der Waals surface area (Å²) in [5.41, 5.74) is 5.78. The third kappa shape index (κ3) is 4.04. The number of anilines is 2. The van der Waals surface area contributed by atoms with Gasteiger partial charge in [-0.05, 0) is 25.7 Å². The molecule has 0 saturated carbocycles. The van der Waals surface area contributed by atoms with Gasteiger partial charge in [0.2, 0.25) is 0 Å². The second-order valence-corrected chi connectivity index (χ2v) is 4.91. The highest BCUT2D eigenvalue weighted by Gasteiger charge is 2.20. The van der Waals surface area contributed by atoms with Gasteiger partial charge < -0.3 is 20.5 Å². The SMILES string of the molecule is COCc1nc(N)cc(NC(C)C2CCOCC2)n1. The zero-order chi connectivity index (χ0) is 13.7. The van der Waals surface area contributed by atoms with Crippen LogP contribution in [0.2, 0.25) is 0 Å². The topological polar surface area (TPSA) is 82.3 Å². The Morgan fingerprint density at radius 2 is 2.21 bits per heavy atom. The molecular weight excluding hydrogens is 244 g/mol. The third-order valence-electron chi connectivity index (χ3n) is 3.41. The highest BCUT2D eigenvalue weighted by molar-refractivity contribution is 5.45. The Kier molecular flexibility index (Phi) is 4.93. The van der Waals surface area contributed by atoms with Gasteiger partial charge in [-0.15, -0.1) is 0 Å². The van der Waals surface area contributed by atoms with Gasteiger partial charge in [-0.2, -0.15) is 0 Å². The molecule has 2 rings (SSSR count). The van der Waals surface area contributed by atoms with Gasteiger partial charge in [0.25, 0.3) is 0 Å². The Bertz CT molecular complexity index is 408. The lowest BCUT2D eigenvalue weighted by Crippen LogP contribution is -2.31. The molecule has 0 bridgehead atoms. The Morgan fingerprint density at radius 3 is 2.89 bits per heavy atom. The molecule has 1 aliphatic rings. The fourth-order valence-corrected chi connectivity index (χ4v) is 2.35. The Hall–Kier alpha value is -1.40.